The molecule has 0 aliphatic carbocycles. The first-order chi connectivity index (χ1) is 18.5. The minimum atomic E-state index is 0.121. The van der Waals surface area contributed by atoms with E-state index in [1.165, 1.54) is 0 Å². The molecule has 186 valence electrons. The molecule has 0 unspecified atom stereocenters. The van der Waals surface area contributed by atoms with Gasteiger partial charge in [-0.25, -0.2) is 4.98 Å². The van der Waals surface area contributed by atoms with E-state index >= 15 is 0 Å². The van der Waals surface area contributed by atoms with E-state index in [2.05, 4.69) is 20.9 Å². The molecule has 0 amide bonds. The van der Waals surface area contributed by atoms with Crippen LogP contribution in [-0.4, -0.2) is 16.3 Å². The van der Waals surface area contributed by atoms with E-state index in [9.17, 15) is 5.11 Å². The maximum Gasteiger partial charge on any atom is 0.227 e. The number of phenolic OH excluding ortho intramolecular Hbond substituents is 1. The van der Waals surface area contributed by atoms with Crippen LogP contribution in [0.2, 0.25) is 10.0 Å². The monoisotopic (exact) mass is 600 g/mol. The third-order valence-corrected chi connectivity index (χ3v) is 7.63. The van der Waals surface area contributed by atoms with Crippen LogP contribution in [-0.2, 0) is 6.42 Å². The number of benzene rings is 5. The van der Waals surface area contributed by atoms with Gasteiger partial charge < -0.3 is 9.52 Å². The smallest absolute Gasteiger partial charge is 0.227 e. The van der Waals surface area contributed by atoms with Crippen molar-refractivity contribution in [1.29, 1.82) is 0 Å². The summed E-state index contributed by atoms with van der Waals surface area (Å²) in [5, 5.41) is 13.9. The second-order valence-corrected chi connectivity index (χ2v) is 10.5. The van der Waals surface area contributed by atoms with E-state index in [0.717, 1.165) is 27.5 Å². The maximum absolute atomic E-state index is 10.6. The molecule has 6 rings (SSSR count). The summed E-state index contributed by atoms with van der Waals surface area (Å²) >= 11 is 16.2. The van der Waals surface area contributed by atoms with Crippen LogP contribution in [0.5, 0.6) is 5.75 Å². The Morgan fingerprint density at radius 1 is 0.868 bits per heavy atom. The highest BCUT2D eigenvalue weighted by molar-refractivity contribution is 9.10. The van der Waals surface area contributed by atoms with Gasteiger partial charge in [-0.05, 0) is 87.4 Å². The van der Waals surface area contributed by atoms with Crippen molar-refractivity contribution in [3.05, 3.63) is 122 Å². The minimum Gasteiger partial charge on any atom is -0.506 e. The number of nitrogens with zero attached hydrogens (tertiary/aromatic N) is 2. The standard InChI is InChI=1S/C31H19BrCl2N2O2/c32-25-15-18(13-19-5-1-2-9-26(19)33)14-20(30(25)37)17-35-21-11-12-29-28(16-21)36-31(38-29)24-8-3-7-23-22(24)6-4-10-27(23)34/h1-12,14-17,37H,13H2. The number of aromatic nitrogens is 1. The SMILES string of the molecule is Oc1c(Br)cc(Cc2ccccc2Cl)cc1C=Nc1ccc2oc(-c3cccc4c(Cl)cccc34)nc2c1. The van der Waals surface area contributed by atoms with Gasteiger partial charge in [0.05, 0.1) is 10.2 Å². The fraction of sp³-hybridized carbons (Fsp3) is 0.0323. The molecule has 5 aromatic carbocycles. The van der Waals surface area contributed by atoms with Gasteiger partial charge in [0, 0.05) is 32.8 Å². The van der Waals surface area contributed by atoms with E-state index in [0.29, 0.717) is 49.2 Å². The van der Waals surface area contributed by atoms with Gasteiger partial charge in [0.1, 0.15) is 11.3 Å². The summed E-state index contributed by atoms with van der Waals surface area (Å²) < 4.78 is 6.67. The number of fused-ring (bicyclic) bond motifs is 2. The summed E-state index contributed by atoms with van der Waals surface area (Å²) in [4.78, 5) is 9.33. The van der Waals surface area contributed by atoms with Crippen LogP contribution in [0.3, 0.4) is 0 Å². The lowest BCUT2D eigenvalue weighted by Gasteiger charge is -2.08. The number of halogens is 3. The van der Waals surface area contributed by atoms with Crippen LogP contribution in [0.4, 0.5) is 5.69 Å². The van der Waals surface area contributed by atoms with Crippen molar-refractivity contribution < 1.29 is 9.52 Å². The highest BCUT2D eigenvalue weighted by Crippen LogP contribution is 2.35. The lowest BCUT2D eigenvalue weighted by atomic mass is 10.0. The number of aliphatic imine (C=N–C) groups is 1. The predicted octanol–water partition coefficient (Wildman–Crippen LogP) is 9.76. The molecule has 0 fully saturated rings. The van der Waals surface area contributed by atoms with Crippen LogP contribution in [0.15, 0.2) is 105 Å². The molecule has 1 aromatic heterocycles. The number of oxazole rings is 1. The average Bonchev–Trinajstić information content (AvgIpc) is 3.34. The predicted molar refractivity (Wildman–Crippen MR) is 159 cm³/mol. The summed E-state index contributed by atoms with van der Waals surface area (Å²) in [5.41, 5.74) is 5.50. The fourth-order valence-corrected chi connectivity index (χ4v) is 5.42. The Morgan fingerprint density at radius 3 is 2.53 bits per heavy atom. The van der Waals surface area contributed by atoms with Gasteiger partial charge in [-0.15, -0.1) is 0 Å². The Morgan fingerprint density at radius 2 is 1.66 bits per heavy atom. The number of rotatable bonds is 5. The quantitative estimate of drug-likeness (QED) is 0.200. The molecule has 0 atom stereocenters. The molecule has 4 nitrogen and oxygen atoms in total. The molecule has 0 saturated carbocycles. The van der Waals surface area contributed by atoms with Gasteiger partial charge in [0.2, 0.25) is 5.89 Å². The Kier molecular flexibility index (Phi) is 6.66. The number of aromatic hydroxyl groups is 1. The lowest BCUT2D eigenvalue weighted by Crippen LogP contribution is -1.93. The van der Waals surface area contributed by atoms with E-state index in [1.807, 2.05) is 91.0 Å². The summed E-state index contributed by atoms with van der Waals surface area (Å²) in [5.74, 6) is 0.638. The molecule has 7 heteroatoms. The minimum absolute atomic E-state index is 0.121. The molecule has 0 spiro atoms. The largest absolute Gasteiger partial charge is 0.506 e. The van der Waals surface area contributed by atoms with Crippen molar-refractivity contribution in [3.8, 4) is 17.2 Å². The second kappa shape index (κ2) is 10.3. The fourth-order valence-electron chi connectivity index (χ4n) is 4.45. The second-order valence-electron chi connectivity index (χ2n) is 8.85. The Balaban J connectivity index is 1.32. The highest BCUT2D eigenvalue weighted by atomic mass is 79.9. The van der Waals surface area contributed by atoms with E-state index in [4.69, 9.17) is 32.6 Å². The zero-order valence-electron chi connectivity index (χ0n) is 19.8. The van der Waals surface area contributed by atoms with Crippen molar-refractivity contribution in [2.45, 2.75) is 6.42 Å². The zero-order valence-corrected chi connectivity index (χ0v) is 22.9. The van der Waals surface area contributed by atoms with Gasteiger partial charge in [0.25, 0.3) is 0 Å². The Hall–Kier alpha value is -3.64. The molecule has 0 bridgehead atoms. The van der Waals surface area contributed by atoms with E-state index in [1.54, 1.807) is 6.21 Å². The van der Waals surface area contributed by atoms with Crippen LogP contribution in [0.1, 0.15) is 16.7 Å². The summed E-state index contributed by atoms with van der Waals surface area (Å²) in [6.07, 6.45) is 2.28. The molecule has 38 heavy (non-hydrogen) atoms. The van der Waals surface area contributed by atoms with Crippen LogP contribution in [0, 0.1) is 0 Å². The Bertz CT molecular complexity index is 1860. The Labute approximate surface area is 237 Å². The molecular weight excluding hydrogens is 583 g/mol. The highest BCUT2D eigenvalue weighted by Gasteiger charge is 2.13. The molecule has 1 heterocycles. The first kappa shape index (κ1) is 24.7. The zero-order chi connectivity index (χ0) is 26.2. The van der Waals surface area contributed by atoms with E-state index in [-0.39, 0.29) is 5.75 Å². The average molecular weight is 602 g/mol. The van der Waals surface area contributed by atoms with Crippen molar-refractivity contribution >= 4 is 72.9 Å². The third-order valence-electron chi connectivity index (χ3n) is 6.33. The molecule has 0 aliphatic rings. The first-order valence-electron chi connectivity index (χ1n) is 11.8. The first-order valence-corrected chi connectivity index (χ1v) is 13.4. The third kappa shape index (κ3) is 4.81. The summed E-state index contributed by atoms with van der Waals surface area (Å²) in [6, 6.07) is 28.8. The molecular formula is C31H19BrCl2N2O2. The van der Waals surface area contributed by atoms with Gasteiger partial charge in [-0.3, -0.25) is 4.99 Å². The molecule has 1 N–H and O–H groups in total. The number of hydrogen-bond donors (Lipinski definition) is 1. The lowest BCUT2D eigenvalue weighted by molar-refractivity contribution is 0.471. The summed E-state index contributed by atoms with van der Waals surface area (Å²) in [7, 11) is 0. The molecule has 0 aliphatic heterocycles. The molecule has 0 radical (unpaired) electrons. The topological polar surface area (TPSA) is 58.6 Å². The van der Waals surface area contributed by atoms with Gasteiger partial charge in [-0.2, -0.15) is 0 Å². The summed E-state index contributed by atoms with van der Waals surface area (Å²) in [6.45, 7) is 0. The van der Waals surface area contributed by atoms with E-state index < -0.39 is 0 Å². The van der Waals surface area contributed by atoms with Crippen molar-refractivity contribution in [2.75, 3.05) is 0 Å². The van der Waals surface area contributed by atoms with Gasteiger partial charge >= 0.3 is 0 Å². The van der Waals surface area contributed by atoms with Crippen molar-refractivity contribution in [3.63, 3.8) is 0 Å². The molecule has 0 saturated heterocycles. The van der Waals surface area contributed by atoms with Crippen LogP contribution < -0.4 is 0 Å². The maximum atomic E-state index is 10.6. The van der Waals surface area contributed by atoms with Crippen LogP contribution >= 0.6 is 39.1 Å². The normalized spacial score (nSPS) is 11.7. The van der Waals surface area contributed by atoms with Gasteiger partial charge in [-0.1, -0.05) is 65.7 Å². The number of phenols is 1. The molecule has 6 aromatic rings. The van der Waals surface area contributed by atoms with Crippen LogP contribution in [0.25, 0.3) is 33.3 Å². The van der Waals surface area contributed by atoms with Crippen molar-refractivity contribution in [2.24, 2.45) is 4.99 Å². The van der Waals surface area contributed by atoms with Gasteiger partial charge in [0.15, 0.2) is 5.58 Å². The number of hydrogen-bond acceptors (Lipinski definition) is 4. The van der Waals surface area contributed by atoms with Crippen molar-refractivity contribution in [1.82, 2.24) is 4.98 Å².